The lowest BCUT2D eigenvalue weighted by Gasteiger charge is -2.26. The van der Waals surface area contributed by atoms with Crippen LogP contribution >= 0.6 is 22.9 Å². The molecule has 5 heteroatoms. The number of ether oxygens (including phenoxy) is 1. The number of carbonyl (C=O) groups excluding carboxylic acids is 1. The Morgan fingerprint density at radius 3 is 2.72 bits per heavy atom. The Balaban J connectivity index is 2.00. The first-order valence-electron chi connectivity index (χ1n) is 6.10. The Bertz CT molecular complexity index is 425. The van der Waals surface area contributed by atoms with Crippen LogP contribution in [-0.4, -0.2) is 29.7 Å². The highest BCUT2D eigenvalue weighted by Crippen LogP contribution is 2.29. The van der Waals surface area contributed by atoms with Crippen LogP contribution in [-0.2, 0) is 17.6 Å². The third-order valence-corrected chi connectivity index (χ3v) is 4.14. The van der Waals surface area contributed by atoms with Crippen molar-refractivity contribution in [3.63, 3.8) is 0 Å². The molecule has 3 nitrogen and oxygen atoms in total. The summed E-state index contributed by atoms with van der Waals surface area (Å²) < 4.78 is 6.23. The van der Waals surface area contributed by atoms with Gasteiger partial charge in [-0.2, -0.15) is 0 Å². The lowest BCUT2D eigenvalue weighted by atomic mass is 10.2. The van der Waals surface area contributed by atoms with Gasteiger partial charge in [-0.1, -0.05) is 11.6 Å². The SMILES string of the molecule is CC(C)(C)OC(=O)N1CCc2cc(Cl)sc2CC1. The van der Waals surface area contributed by atoms with Crippen LogP contribution in [0.5, 0.6) is 0 Å². The second-order valence-electron chi connectivity index (χ2n) is 5.47. The Morgan fingerprint density at radius 1 is 1.39 bits per heavy atom. The summed E-state index contributed by atoms with van der Waals surface area (Å²) >= 11 is 7.62. The maximum Gasteiger partial charge on any atom is 0.410 e. The lowest BCUT2D eigenvalue weighted by Crippen LogP contribution is -2.38. The van der Waals surface area contributed by atoms with Gasteiger partial charge in [-0.15, -0.1) is 11.3 Å². The summed E-state index contributed by atoms with van der Waals surface area (Å²) in [6.45, 7) is 7.08. The van der Waals surface area contributed by atoms with Crippen molar-refractivity contribution in [1.82, 2.24) is 4.90 Å². The fraction of sp³-hybridized carbons (Fsp3) is 0.615. The van der Waals surface area contributed by atoms with E-state index < -0.39 is 5.60 Å². The van der Waals surface area contributed by atoms with E-state index in [1.807, 2.05) is 26.8 Å². The first-order valence-corrected chi connectivity index (χ1v) is 7.29. The lowest BCUT2D eigenvalue weighted by molar-refractivity contribution is 0.0258. The molecule has 0 saturated carbocycles. The zero-order chi connectivity index (χ0) is 13.3. The van der Waals surface area contributed by atoms with Crippen LogP contribution < -0.4 is 0 Å². The first-order chi connectivity index (χ1) is 8.35. The molecule has 1 amide bonds. The van der Waals surface area contributed by atoms with Crippen molar-refractivity contribution in [1.29, 1.82) is 0 Å². The minimum absolute atomic E-state index is 0.219. The quantitative estimate of drug-likeness (QED) is 0.727. The summed E-state index contributed by atoms with van der Waals surface area (Å²) in [5, 5.41) is 0. The smallest absolute Gasteiger partial charge is 0.410 e. The zero-order valence-corrected chi connectivity index (χ0v) is 12.5. The minimum Gasteiger partial charge on any atom is -0.444 e. The van der Waals surface area contributed by atoms with E-state index in [9.17, 15) is 4.79 Å². The maximum absolute atomic E-state index is 12.0. The number of hydrogen-bond acceptors (Lipinski definition) is 3. The van der Waals surface area contributed by atoms with E-state index in [2.05, 4.69) is 0 Å². The molecule has 1 aliphatic heterocycles. The van der Waals surface area contributed by atoms with Gasteiger partial charge in [0.05, 0.1) is 4.34 Å². The minimum atomic E-state index is -0.433. The number of fused-ring (bicyclic) bond motifs is 1. The Labute approximate surface area is 117 Å². The average Bonchev–Trinajstić information content (AvgIpc) is 2.45. The molecule has 1 aliphatic rings. The van der Waals surface area contributed by atoms with E-state index in [0.717, 1.165) is 17.2 Å². The highest BCUT2D eigenvalue weighted by atomic mass is 35.5. The number of carbonyl (C=O) groups is 1. The summed E-state index contributed by atoms with van der Waals surface area (Å²) in [5.41, 5.74) is 0.841. The van der Waals surface area contributed by atoms with E-state index in [1.165, 1.54) is 10.4 Å². The largest absolute Gasteiger partial charge is 0.444 e. The highest BCUT2D eigenvalue weighted by Gasteiger charge is 2.24. The van der Waals surface area contributed by atoms with Gasteiger partial charge >= 0.3 is 6.09 Å². The molecule has 0 aromatic carbocycles. The van der Waals surface area contributed by atoms with Crippen molar-refractivity contribution in [2.45, 2.75) is 39.2 Å². The molecule has 18 heavy (non-hydrogen) atoms. The fourth-order valence-electron chi connectivity index (χ4n) is 1.97. The number of amides is 1. The topological polar surface area (TPSA) is 29.5 Å². The zero-order valence-electron chi connectivity index (χ0n) is 11.0. The Kier molecular flexibility index (Phi) is 3.87. The van der Waals surface area contributed by atoms with Gasteiger partial charge in [0, 0.05) is 18.0 Å². The van der Waals surface area contributed by atoms with E-state index >= 15 is 0 Å². The van der Waals surface area contributed by atoms with Crippen LogP contribution in [0.1, 0.15) is 31.2 Å². The second-order valence-corrected chi connectivity index (χ2v) is 7.23. The van der Waals surface area contributed by atoms with Crippen LogP contribution in [0.3, 0.4) is 0 Å². The molecular weight excluding hydrogens is 270 g/mol. The standard InChI is InChI=1S/C13H18ClNO2S/c1-13(2,3)17-12(16)15-6-4-9-8-11(14)18-10(9)5-7-15/h8H,4-7H2,1-3H3. The van der Waals surface area contributed by atoms with Crippen molar-refractivity contribution in [3.8, 4) is 0 Å². The summed E-state index contributed by atoms with van der Waals surface area (Å²) in [4.78, 5) is 15.1. The number of halogens is 1. The van der Waals surface area contributed by atoms with Gasteiger partial charge in [0.25, 0.3) is 0 Å². The van der Waals surface area contributed by atoms with Crippen molar-refractivity contribution in [2.24, 2.45) is 0 Å². The van der Waals surface area contributed by atoms with Gasteiger partial charge in [-0.05, 0) is 45.2 Å². The molecule has 0 aliphatic carbocycles. The molecule has 0 bridgehead atoms. The molecule has 0 saturated heterocycles. The van der Waals surface area contributed by atoms with Crippen LogP contribution in [0.4, 0.5) is 4.79 Å². The van der Waals surface area contributed by atoms with Crippen molar-refractivity contribution in [3.05, 3.63) is 20.8 Å². The van der Waals surface area contributed by atoms with Gasteiger partial charge in [0.1, 0.15) is 5.60 Å². The molecule has 1 aromatic rings. The molecule has 2 rings (SSSR count). The Morgan fingerprint density at radius 2 is 2.06 bits per heavy atom. The predicted octanol–water partition coefficient (Wildman–Crippen LogP) is 3.74. The summed E-state index contributed by atoms with van der Waals surface area (Å²) in [5.74, 6) is 0. The van der Waals surface area contributed by atoms with E-state index in [4.69, 9.17) is 16.3 Å². The monoisotopic (exact) mass is 287 g/mol. The second kappa shape index (κ2) is 5.10. The molecule has 0 N–H and O–H groups in total. The highest BCUT2D eigenvalue weighted by molar-refractivity contribution is 7.16. The van der Waals surface area contributed by atoms with Gasteiger partial charge in [0.2, 0.25) is 0 Å². The van der Waals surface area contributed by atoms with Crippen molar-refractivity contribution in [2.75, 3.05) is 13.1 Å². The number of nitrogens with zero attached hydrogens (tertiary/aromatic N) is 1. The molecule has 0 atom stereocenters. The summed E-state index contributed by atoms with van der Waals surface area (Å²) in [7, 11) is 0. The van der Waals surface area contributed by atoms with Crippen LogP contribution in [0.25, 0.3) is 0 Å². The van der Waals surface area contributed by atoms with Crippen molar-refractivity contribution < 1.29 is 9.53 Å². The molecule has 0 radical (unpaired) electrons. The maximum atomic E-state index is 12.0. The molecule has 0 fully saturated rings. The Hall–Kier alpha value is -0.740. The third-order valence-electron chi connectivity index (χ3n) is 2.78. The summed E-state index contributed by atoms with van der Waals surface area (Å²) in [6, 6.07) is 2.01. The van der Waals surface area contributed by atoms with Gasteiger partial charge < -0.3 is 9.64 Å². The normalized spacial score (nSPS) is 16.1. The van der Waals surface area contributed by atoms with Gasteiger partial charge in [-0.3, -0.25) is 0 Å². The number of rotatable bonds is 0. The van der Waals surface area contributed by atoms with Crippen LogP contribution in [0.2, 0.25) is 4.34 Å². The van der Waals surface area contributed by atoms with E-state index in [-0.39, 0.29) is 6.09 Å². The van der Waals surface area contributed by atoms with E-state index in [0.29, 0.717) is 13.1 Å². The van der Waals surface area contributed by atoms with Crippen molar-refractivity contribution >= 4 is 29.0 Å². The first kappa shape index (κ1) is 13.7. The summed E-state index contributed by atoms with van der Waals surface area (Å²) in [6.07, 6.45) is 1.51. The molecule has 0 unspecified atom stereocenters. The van der Waals surface area contributed by atoms with Gasteiger partial charge in [-0.25, -0.2) is 4.79 Å². The number of hydrogen-bond donors (Lipinski definition) is 0. The molecule has 100 valence electrons. The molecular formula is C13H18ClNO2S. The third kappa shape index (κ3) is 3.39. The fourth-order valence-corrected chi connectivity index (χ4v) is 3.30. The molecule has 0 spiro atoms. The van der Waals surface area contributed by atoms with Gasteiger partial charge in [0.15, 0.2) is 0 Å². The molecule has 2 heterocycles. The average molecular weight is 288 g/mol. The van der Waals surface area contributed by atoms with Crippen LogP contribution in [0, 0.1) is 0 Å². The van der Waals surface area contributed by atoms with E-state index in [1.54, 1.807) is 16.2 Å². The molecule has 1 aromatic heterocycles. The van der Waals surface area contributed by atoms with Crippen LogP contribution in [0.15, 0.2) is 6.07 Å². The number of thiophene rings is 1. The predicted molar refractivity (Wildman–Crippen MR) is 74.5 cm³/mol.